The van der Waals surface area contributed by atoms with Gasteiger partial charge in [0.2, 0.25) is 0 Å². The number of ether oxygens (including phenoxy) is 2. The van der Waals surface area contributed by atoms with E-state index in [0.29, 0.717) is 22.3 Å². The molecule has 0 N–H and O–H groups in total. The molecular formula is C23H24O5. The molecule has 2 aromatic carbocycles. The van der Waals surface area contributed by atoms with Crippen LogP contribution < -0.4 is 10.4 Å². The first-order valence-corrected chi connectivity index (χ1v) is 9.35. The number of esters is 1. The molecule has 1 aromatic heterocycles. The molecule has 0 unspecified atom stereocenters. The van der Waals surface area contributed by atoms with E-state index in [1.165, 1.54) is 6.07 Å². The molecule has 0 radical (unpaired) electrons. The van der Waals surface area contributed by atoms with Gasteiger partial charge >= 0.3 is 11.6 Å². The van der Waals surface area contributed by atoms with Crippen molar-refractivity contribution in [2.24, 2.45) is 5.92 Å². The van der Waals surface area contributed by atoms with E-state index in [0.717, 1.165) is 12.0 Å². The fraction of sp³-hybridized carbons (Fsp3) is 0.304. The Bertz CT molecular complexity index is 1010. The molecule has 0 aliphatic rings. The molecule has 3 rings (SSSR count). The van der Waals surface area contributed by atoms with Crippen molar-refractivity contribution in [1.82, 2.24) is 0 Å². The zero-order valence-corrected chi connectivity index (χ0v) is 16.3. The molecule has 2 atom stereocenters. The van der Waals surface area contributed by atoms with E-state index in [-0.39, 0.29) is 24.4 Å². The van der Waals surface area contributed by atoms with Crippen LogP contribution >= 0.6 is 0 Å². The summed E-state index contributed by atoms with van der Waals surface area (Å²) < 4.78 is 16.1. The number of carbonyl (C=O) groups is 1. The van der Waals surface area contributed by atoms with Gasteiger partial charge in [-0.05, 0) is 23.6 Å². The van der Waals surface area contributed by atoms with Gasteiger partial charge in [-0.25, -0.2) is 4.79 Å². The molecule has 146 valence electrons. The SMILES string of the molecule is CC[C@@H](C)[C@H](C(=O)OCc1cc(=O)oc2cc(OC)ccc12)c1ccccc1. The minimum Gasteiger partial charge on any atom is -0.497 e. The number of carbonyl (C=O) groups excluding carboxylic acids is 1. The van der Waals surface area contributed by atoms with Crippen LogP contribution in [0.3, 0.4) is 0 Å². The summed E-state index contributed by atoms with van der Waals surface area (Å²) in [6.45, 7) is 4.10. The number of fused-ring (bicyclic) bond motifs is 1. The van der Waals surface area contributed by atoms with Gasteiger partial charge in [0, 0.05) is 23.1 Å². The van der Waals surface area contributed by atoms with Gasteiger partial charge < -0.3 is 13.9 Å². The summed E-state index contributed by atoms with van der Waals surface area (Å²) in [5.41, 5.74) is 1.45. The van der Waals surface area contributed by atoms with Crippen molar-refractivity contribution in [2.75, 3.05) is 7.11 Å². The second kappa shape index (κ2) is 8.74. The van der Waals surface area contributed by atoms with Gasteiger partial charge in [-0.1, -0.05) is 50.6 Å². The Morgan fingerprint density at radius 3 is 2.54 bits per heavy atom. The number of rotatable bonds is 7. The highest BCUT2D eigenvalue weighted by atomic mass is 16.5. The van der Waals surface area contributed by atoms with Gasteiger partial charge in [0.15, 0.2) is 0 Å². The highest BCUT2D eigenvalue weighted by Gasteiger charge is 2.27. The lowest BCUT2D eigenvalue weighted by Crippen LogP contribution is -2.22. The van der Waals surface area contributed by atoms with Gasteiger partial charge in [-0.2, -0.15) is 0 Å². The fourth-order valence-electron chi connectivity index (χ4n) is 3.29. The average molecular weight is 380 g/mol. The standard InChI is InChI=1S/C23H24O5/c1-4-15(2)22(16-8-6-5-7-9-16)23(25)27-14-17-12-21(24)28-20-13-18(26-3)10-11-19(17)20/h5-13,15,22H,4,14H2,1-3H3/t15-,22+/m1/s1. The van der Waals surface area contributed by atoms with E-state index in [1.54, 1.807) is 25.3 Å². The molecule has 0 spiro atoms. The fourth-order valence-corrected chi connectivity index (χ4v) is 3.29. The van der Waals surface area contributed by atoms with E-state index < -0.39 is 5.63 Å². The van der Waals surface area contributed by atoms with Crippen molar-refractivity contribution in [2.45, 2.75) is 32.8 Å². The summed E-state index contributed by atoms with van der Waals surface area (Å²) in [6.07, 6.45) is 0.853. The molecular weight excluding hydrogens is 356 g/mol. The highest BCUT2D eigenvalue weighted by molar-refractivity contribution is 5.82. The van der Waals surface area contributed by atoms with E-state index in [4.69, 9.17) is 13.9 Å². The smallest absolute Gasteiger partial charge is 0.336 e. The maximum Gasteiger partial charge on any atom is 0.336 e. The van der Waals surface area contributed by atoms with Crippen LogP contribution in [0.2, 0.25) is 0 Å². The van der Waals surface area contributed by atoms with Crippen molar-refractivity contribution in [3.8, 4) is 5.75 Å². The number of benzene rings is 2. The first kappa shape index (κ1) is 19.7. The van der Waals surface area contributed by atoms with Crippen molar-refractivity contribution in [3.05, 3.63) is 76.1 Å². The topological polar surface area (TPSA) is 65.7 Å². The van der Waals surface area contributed by atoms with Crippen molar-refractivity contribution in [3.63, 3.8) is 0 Å². The maximum absolute atomic E-state index is 12.9. The third-order valence-corrected chi connectivity index (χ3v) is 5.03. The Balaban J connectivity index is 1.86. The third kappa shape index (κ3) is 4.25. The molecule has 0 bridgehead atoms. The highest BCUT2D eigenvalue weighted by Crippen LogP contribution is 2.29. The number of methoxy groups -OCH3 is 1. The van der Waals surface area contributed by atoms with Crippen LogP contribution in [-0.2, 0) is 16.1 Å². The van der Waals surface area contributed by atoms with Crippen molar-refractivity contribution >= 4 is 16.9 Å². The van der Waals surface area contributed by atoms with Gasteiger partial charge in [0.25, 0.3) is 0 Å². The summed E-state index contributed by atoms with van der Waals surface area (Å²) in [4.78, 5) is 24.8. The van der Waals surface area contributed by atoms with E-state index >= 15 is 0 Å². The Morgan fingerprint density at radius 2 is 1.86 bits per heavy atom. The Hall–Kier alpha value is -3.08. The van der Waals surface area contributed by atoms with Crippen LogP contribution in [0.5, 0.6) is 5.75 Å². The normalized spacial score (nSPS) is 13.1. The summed E-state index contributed by atoms with van der Waals surface area (Å²) in [5.74, 6) is 0.0792. The minimum atomic E-state index is -0.492. The summed E-state index contributed by atoms with van der Waals surface area (Å²) in [7, 11) is 1.55. The predicted molar refractivity (Wildman–Crippen MR) is 107 cm³/mol. The molecule has 0 aliphatic heterocycles. The van der Waals surface area contributed by atoms with E-state index in [9.17, 15) is 9.59 Å². The molecule has 0 saturated carbocycles. The predicted octanol–water partition coefficient (Wildman–Crippen LogP) is 4.67. The first-order chi connectivity index (χ1) is 13.5. The Labute approximate surface area is 163 Å². The van der Waals surface area contributed by atoms with Crippen LogP contribution in [0.25, 0.3) is 11.0 Å². The van der Waals surface area contributed by atoms with Crippen LogP contribution in [0.15, 0.2) is 63.8 Å². The van der Waals surface area contributed by atoms with Crippen LogP contribution in [0.1, 0.15) is 37.3 Å². The van der Waals surface area contributed by atoms with Crippen LogP contribution in [-0.4, -0.2) is 13.1 Å². The summed E-state index contributed by atoms with van der Waals surface area (Å²) in [5, 5.41) is 0.716. The largest absolute Gasteiger partial charge is 0.497 e. The maximum atomic E-state index is 12.9. The molecule has 0 aliphatic carbocycles. The van der Waals surface area contributed by atoms with Gasteiger partial charge in [0.1, 0.15) is 17.9 Å². The van der Waals surface area contributed by atoms with Gasteiger partial charge in [-0.15, -0.1) is 0 Å². The Morgan fingerprint density at radius 1 is 1.11 bits per heavy atom. The lowest BCUT2D eigenvalue weighted by molar-refractivity contribution is -0.148. The van der Waals surface area contributed by atoms with Crippen LogP contribution in [0, 0.1) is 5.92 Å². The zero-order chi connectivity index (χ0) is 20.1. The molecule has 5 nitrogen and oxygen atoms in total. The van der Waals surface area contributed by atoms with Crippen molar-refractivity contribution in [1.29, 1.82) is 0 Å². The number of hydrogen-bond donors (Lipinski definition) is 0. The molecule has 3 aromatic rings. The number of hydrogen-bond acceptors (Lipinski definition) is 5. The quantitative estimate of drug-likeness (QED) is 0.440. The Kier molecular flexibility index (Phi) is 6.14. The first-order valence-electron chi connectivity index (χ1n) is 9.35. The second-order valence-electron chi connectivity index (χ2n) is 6.83. The molecule has 5 heteroatoms. The lowest BCUT2D eigenvalue weighted by atomic mass is 9.85. The summed E-state index contributed by atoms with van der Waals surface area (Å²) in [6, 6.07) is 16.2. The zero-order valence-electron chi connectivity index (χ0n) is 16.3. The lowest BCUT2D eigenvalue weighted by Gasteiger charge is -2.22. The molecule has 1 heterocycles. The second-order valence-corrected chi connectivity index (χ2v) is 6.83. The average Bonchev–Trinajstić information content (AvgIpc) is 2.72. The monoisotopic (exact) mass is 380 g/mol. The third-order valence-electron chi connectivity index (χ3n) is 5.03. The summed E-state index contributed by atoms with van der Waals surface area (Å²) >= 11 is 0. The van der Waals surface area contributed by atoms with Gasteiger partial charge in [-0.3, -0.25) is 4.79 Å². The van der Waals surface area contributed by atoms with E-state index in [2.05, 4.69) is 6.92 Å². The minimum absolute atomic E-state index is 0.00697. The molecule has 28 heavy (non-hydrogen) atoms. The van der Waals surface area contributed by atoms with Crippen LogP contribution in [0.4, 0.5) is 0 Å². The molecule has 0 fully saturated rings. The van der Waals surface area contributed by atoms with Gasteiger partial charge in [0.05, 0.1) is 13.0 Å². The molecule has 0 amide bonds. The van der Waals surface area contributed by atoms with E-state index in [1.807, 2.05) is 37.3 Å². The van der Waals surface area contributed by atoms with Crippen molar-refractivity contribution < 1.29 is 18.7 Å². The molecule has 0 saturated heterocycles.